The minimum atomic E-state index is -0.0401. The van der Waals surface area contributed by atoms with E-state index in [1.165, 1.54) is 18.0 Å². The number of rotatable bonds is 4. The van der Waals surface area contributed by atoms with Crippen LogP contribution >= 0.6 is 11.5 Å². The number of hydrogen-bond acceptors (Lipinski definition) is 5. The Bertz CT molecular complexity index is 708. The standard InChI is InChI=1S/C19H26N4OS/c1-19(2,3)17-21-18(25-22-17)23-12-8-7-11-15(23)13-20-16(24)14-9-5-4-6-10-14/h4-6,9-10,15H,7-8,11-13H2,1-3H3,(H,20,24). The van der Waals surface area contributed by atoms with E-state index in [2.05, 4.69) is 35.4 Å². The third kappa shape index (κ3) is 4.37. The summed E-state index contributed by atoms with van der Waals surface area (Å²) in [4.78, 5) is 19.4. The molecule has 2 heterocycles. The van der Waals surface area contributed by atoms with Crippen molar-refractivity contribution in [3.05, 3.63) is 41.7 Å². The molecule has 0 saturated carbocycles. The average molecular weight is 359 g/mol. The molecule has 1 N–H and O–H groups in total. The maximum absolute atomic E-state index is 12.3. The van der Waals surface area contributed by atoms with Gasteiger partial charge in [0.2, 0.25) is 5.13 Å². The van der Waals surface area contributed by atoms with Crippen molar-refractivity contribution in [2.24, 2.45) is 0 Å². The second-order valence-electron chi connectivity index (χ2n) is 7.57. The van der Waals surface area contributed by atoms with Gasteiger partial charge in [0, 0.05) is 41.6 Å². The molecule has 0 radical (unpaired) electrons. The first-order valence-electron chi connectivity index (χ1n) is 8.89. The molecular weight excluding hydrogens is 332 g/mol. The lowest BCUT2D eigenvalue weighted by molar-refractivity contribution is 0.0949. The maximum atomic E-state index is 12.3. The van der Waals surface area contributed by atoms with Crippen LogP contribution in [-0.4, -0.2) is 34.4 Å². The van der Waals surface area contributed by atoms with E-state index in [1.54, 1.807) is 0 Å². The molecule has 1 aliphatic heterocycles. The van der Waals surface area contributed by atoms with Crippen molar-refractivity contribution in [2.75, 3.05) is 18.0 Å². The van der Waals surface area contributed by atoms with Gasteiger partial charge in [-0.3, -0.25) is 4.79 Å². The van der Waals surface area contributed by atoms with Crippen LogP contribution in [0.4, 0.5) is 5.13 Å². The Morgan fingerprint density at radius 3 is 2.72 bits per heavy atom. The molecule has 1 atom stereocenters. The maximum Gasteiger partial charge on any atom is 0.251 e. The Hall–Kier alpha value is -1.95. The van der Waals surface area contributed by atoms with Crippen molar-refractivity contribution < 1.29 is 4.79 Å². The number of amides is 1. The summed E-state index contributed by atoms with van der Waals surface area (Å²) < 4.78 is 4.54. The molecule has 25 heavy (non-hydrogen) atoms. The summed E-state index contributed by atoms with van der Waals surface area (Å²) in [6.45, 7) is 8.01. The van der Waals surface area contributed by atoms with Gasteiger partial charge in [-0.1, -0.05) is 39.0 Å². The summed E-state index contributed by atoms with van der Waals surface area (Å²) in [6, 6.07) is 9.65. The third-order valence-corrected chi connectivity index (χ3v) is 5.25. The lowest BCUT2D eigenvalue weighted by Crippen LogP contribution is -2.47. The first-order valence-corrected chi connectivity index (χ1v) is 9.66. The van der Waals surface area contributed by atoms with Gasteiger partial charge in [0.1, 0.15) is 5.82 Å². The van der Waals surface area contributed by atoms with Gasteiger partial charge in [-0.15, -0.1) is 0 Å². The zero-order valence-electron chi connectivity index (χ0n) is 15.2. The van der Waals surface area contributed by atoms with Gasteiger partial charge in [0.25, 0.3) is 5.91 Å². The Balaban J connectivity index is 1.67. The number of anilines is 1. The number of nitrogens with zero attached hydrogens (tertiary/aromatic N) is 3. The van der Waals surface area contributed by atoms with Crippen LogP contribution < -0.4 is 10.2 Å². The molecule has 2 aromatic rings. The normalized spacial score (nSPS) is 18.2. The average Bonchev–Trinajstić information content (AvgIpc) is 3.11. The number of nitrogens with one attached hydrogen (secondary N) is 1. The monoisotopic (exact) mass is 358 g/mol. The Morgan fingerprint density at radius 2 is 2.04 bits per heavy atom. The van der Waals surface area contributed by atoms with Crippen LogP contribution in [0.5, 0.6) is 0 Å². The van der Waals surface area contributed by atoms with Crippen LogP contribution in [0.1, 0.15) is 56.2 Å². The van der Waals surface area contributed by atoms with Crippen LogP contribution in [0.15, 0.2) is 30.3 Å². The van der Waals surface area contributed by atoms with E-state index in [0.717, 1.165) is 30.3 Å². The van der Waals surface area contributed by atoms with Gasteiger partial charge in [0.15, 0.2) is 0 Å². The predicted octanol–water partition coefficient (Wildman–Crippen LogP) is 3.62. The molecule has 0 aliphatic carbocycles. The third-order valence-electron chi connectivity index (χ3n) is 4.49. The minimum absolute atomic E-state index is 0.0150. The zero-order chi connectivity index (χ0) is 17.9. The highest BCUT2D eigenvalue weighted by molar-refractivity contribution is 7.09. The molecule has 1 saturated heterocycles. The van der Waals surface area contributed by atoms with Gasteiger partial charge in [-0.2, -0.15) is 4.37 Å². The van der Waals surface area contributed by atoms with Gasteiger partial charge in [0.05, 0.1) is 0 Å². The number of hydrogen-bond donors (Lipinski definition) is 1. The summed E-state index contributed by atoms with van der Waals surface area (Å²) >= 11 is 1.47. The summed E-state index contributed by atoms with van der Waals surface area (Å²) in [5.41, 5.74) is 0.664. The van der Waals surface area contributed by atoms with Gasteiger partial charge < -0.3 is 10.2 Å². The van der Waals surface area contributed by atoms with Crippen molar-refractivity contribution in [2.45, 2.75) is 51.5 Å². The number of benzene rings is 1. The number of piperidine rings is 1. The molecule has 6 heteroatoms. The molecule has 0 spiro atoms. The molecule has 3 rings (SSSR count). The van der Waals surface area contributed by atoms with Crippen LogP contribution in [-0.2, 0) is 5.41 Å². The van der Waals surface area contributed by atoms with Crippen LogP contribution in [0.3, 0.4) is 0 Å². The Labute approximate surface area is 153 Å². The molecular formula is C19H26N4OS. The highest BCUT2D eigenvalue weighted by Gasteiger charge is 2.28. The van der Waals surface area contributed by atoms with Gasteiger partial charge in [-0.05, 0) is 31.4 Å². The van der Waals surface area contributed by atoms with E-state index < -0.39 is 0 Å². The molecule has 1 aliphatic rings. The first kappa shape index (κ1) is 17.9. The highest BCUT2D eigenvalue weighted by atomic mass is 32.1. The second-order valence-corrected chi connectivity index (χ2v) is 8.30. The smallest absolute Gasteiger partial charge is 0.251 e. The summed E-state index contributed by atoms with van der Waals surface area (Å²) in [6.07, 6.45) is 3.42. The number of aromatic nitrogens is 2. The fraction of sp³-hybridized carbons (Fsp3) is 0.526. The quantitative estimate of drug-likeness (QED) is 0.907. The molecule has 5 nitrogen and oxygen atoms in total. The topological polar surface area (TPSA) is 58.1 Å². The molecule has 134 valence electrons. The Morgan fingerprint density at radius 1 is 1.28 bits per heavy atom. The fourth-order valence-corrected chi connectivity index (χ4v) is 3.96. The SMILES string of the molecule is CC(C)(C)c1nsc(N2CCCCC2CNC(=O)c2ccccc2)n1. The summed E-state index contributed by atoms with van der Waals surface area (Å²) in [5, 5.41) is 4.06. The molecule has 1 aromatic carbocycles. The Kier molecular flexibility index (Phi) is 5.37. The van der Waals surface area contributed by atoms with Crippen LogP contribution in [0, 0.1) is 0 Å². The highest BCUT2D eigenvalue weighted by Crippen LogP contribution is 2.29. The van der Waals surface area contributed by atoms with Crippen molar-refractivity contribution in [1.29, 1.82) is 0 Å². The van der Waals surface area contributed by atoms with Gasteiger partial charge in [-0.25, -0.2) is 4.98 Å². The van der Waals surface area contributed by atoms with Crippen molar-refractivity contribution in [3.63, 3.8) is 0 Å². The largest absolute Gasteiger partial charge is 0.350 e. The minimum Gasteiger partial charge on any atom is -0.350 e. The molecule has 1 fully saturated rings. The van der Waals surface area contributed by atoms with Crippen LogP contribution in [0.25, 0.3) is 0 Å². The second kappa shape index (κ2) is 7.52. The van der Waals surface area contributed by atoms with Crippen molar-refractivity contribution in [1.82, 2.24) is 14.7 Å². The molecule has 1 aromatic heterocycles. The summed E-state index contributed by atoms with van der Waals surface area (Å²) in [7, 11) is 0. The fourth-order valence-electron chi connectivity index (χ4n) is 3.00. The molecule has 1 unspecified atom stereocenters. The molecule has 0 bridgehead atoms. The van der Waals surface area contributed by atoms with Crippen LogP contribution in [0.2, 0.25) is 0 Å². The van der Waals surface area contributed by atoms with E-state index in [0.29, 0.717) is 12.1 Å². The van der Waals surface area contributed by atoms with E-state index in [-0.39, 0.29) is 17.4 Å². The van der Waals surface area contributed by atoms with E-state index in [1.807, 2.05) is 30.3 Å². The van der Waals surface area contributed by atoms with Gasteiger partial charge >= 0.3 is 0 Å². The first-order chi connectivity index (χ1) is 11.9. The lowest BCUT2D eigenvalue weighted by atomic mass is 9.96. The zero-order valence-corrected chi connectivity index (χ0v) is 16.0. The summed E-state index contributed by atoms with van der Waals surface area (Å²) in [5.74, 6) is 0.879. The van der Waals surface area contributed by atoms with Crippen molar-refractivity contribution in [3.8, 4) is 0 Å². The van der Waals surface area contributed by atoms with E-state index in [9.17, 15) is 4.79 Å². The van der Waals surface area contributed by atoms with E-state index in [4.69, 9.17) is 4.98 Å². The van der Waals surface area contributed by atoms with Crippen molar-refractivity contribution >= 4 is 22.6 Å². The molecule has 1 amide bonds. The number of carbonyl (C=O) groups excluding carboxylic acids is 1. The van der Waals surface area contributed by atoms with E-state index >= 15 is 0 Å². The lowest BCUT2D eigenvalue weighted by Gasteiger charge is -2.35. The number of carbonyl (C=O) groups is 1. The predicted molar refractivity (Wildman–Crippen MR) is 102 cm³/mol.